The molecule has 72 valence electrons. The predicted octanol–water partition coefficient (Wildman–Crippen LogP) is 3.14. The van der Waals surface area contributed by atoms with E-state index in [9.17, 15) is 0 Å². The third kappa shape index (κ3) is 1.60. The Labute approximate surface area is 91.3 Å². The van der Waals surface area contributed by atoms with E-state index in [0.29, 0.717) is 0 Å². The topological polar surface area (TPSA) is 38.9 Å². The number of aromatic nitrogens is 1. The Kier molecular flexibility index (Phi) is 2.42. The zero-order valence-electron chi connectivity index (χ0n) is 7.92. The molecule has 0 amide bonds. The lowest BCUT2D eigenvalue weighted by Crippen LogP contribution is -1.96. The lowest BCUT2D eigenvalue weighted by atomic mass is 10.1. The van der Waals surface area contributed by atoms with Crippen molar-refractivity contribution < 1.29 is 0 Å². The predicted molar refractivity (Wildman–Crippen MR) is 63.2 cm³/mol. The van der Waals surface area contributed by atoms with Crippen molar-refractivity contribution in [1.82, 2.24) is 4.98 Å². The number of hydrogen-bond donors (Lipinski definition) is 1. The molecule has 0 aliphatic carbocycles. The number of aryl methyl sites for hydroxylation is 1. The van der Waals surface area contributed by atoms with E-state index in [2.05, 4.69) is 27.8 Å². The van der Waals surface area contributed by atoms with Crippen LogP contribution >= 0.6 is 15.9 Å². The highest BCUT2D eigenvalue weighted by atomic mass is 79.9. The van der Waals surface area contributed by atoms with E-state index < -0.39 is 0 Å². The molecule has 1 heterocycles. The number of nitrogens with two attached hydrogens (primary N) is 1. The third-order valence-corrected chi connectivity index (χ3v) is 2.72. The molecule has 0 aliphatic rings. The first kappa shape index (κ1) is 9.46. The van der Waals surface area contributed by atoms with Gasteiger partial charge in [0.25, 0.3) is 0 Å². The number of anilines is 1. The zero-order chi connectivity index (χ0) is 10.1. The van der Waals surface area contributed by atoms with E-state index in [1.54, 1.807) is 0 Å². The van der Waals surface area contributed by atoms with Crippen LogP contribution in [0.2, 0.25) is 0 Å². The summed E-state index contributed by atoms with van der Waals surface area (Å²) in [6.45, 7) is 2.06. The monoisotopic (exact) mass is 250 g/mol. The molecule has 2 N–H and O–H groups in total. The second-order valence-corrected chi connectivity index (χ2v) is 4.13. The van der Waals surface area contributed by atoms with Gasteiger partial charge in [0.15, 0.2) is 0 Å². The molecule has 1 aromatic carbocycles. The first-order valence-electron chi connectivity index (χ1n) is 4.55. The van der Waals surface area contributed by atoms with Crippen LogP contribution in [0.1, 0.15) is 12.6 Å². The summed E-state index contributed by atoms with van der Waals surface area (Å²) in [5, 5.41) is 1.09. The summed E-state index contributed by atoms with van der Waals surface area (Å²) in [4.78, 5) is 4.50. The molecule has 0 aliphatic heterocycles. The van der Waals surface area contributed by atoms with E-state index >= 15 is 0 Å². The minimum atomic E-state index is 0.780. The molecule has 3 heteroatoms. The van der Waals surface area contributed by atoms with Crippen LogP contribution in [-0.4, -0.2) is 4.98 Å². The number of hydrogen-bond acceptors (Lipinski definition) is 2. The molecule has 2 nitrogen and oxygen atoms in total. The van der Waals surface area contributed by atoms with E-state index in [0.717, 1.165) is 33.2 Å². The maximum absolute atomic E-state index is 5.86. The first-order valence-corrected chi connectivity index (χ1v) is 5.34. The van der Waals surface area contributed by atoms with Crippen molar-refractivity contribution >= 4 is 32.5 Å². The van der Waals surface area contributed by atoms with Crippen molar-refractivity contribution in [2.24, 2.45) is 0 Å². The van der Waals surface area contributed by atoms with Crippen LogP contribution in [0.4, 0.5) is 5.69 Å². The molecule has 2 aromatic rings. The quantitative estimate of drug-likeness (QED) is 0.845. The largest absolute Gasteiger partial charge is 0.397 e. The van der Waals surface area contributed by atoms with Gasteiger partial charge in [0.1, 0.15) is 0 Å². The van der Waals surface area contributed by atoms with Gasteiger partial charge in [-0.25, -0.2) is 0 Å². The Morgan fingerprint density at radius 2 is 2.14 bits per heavy atom. The fraction of sp³-hybridized carbons (Fsp3) is 0.182. The van der Waals surface area contributed by atoms with Crippen LogP contribution in [0.5, 0.6) is 0 Å². The minimum Gasteiger partial charge on any atom is -0.397 e. The van der Waals surface area contributed by atoms with Gasteiger partial charge in [0.05, 0.1) is 16.9 Å². The molecule has 14 heavy (non-hydrogen) atoms. The van der Waals surface area contributed by atoms with Crippen molar-refractivity contribution in [2.75, 3.05) is 5.73 Å². The second-order valence-electron chi connectivity index (χ2n) is 3.21. The summed E-state index contributed by atoms with van der Waals surface area (Å²) in [6.07, 6.45) is 0.869. The van der Waals surface area contributed by atoms with Crippen LogP contribution in [0.15, 0.2) is 28.7 Å². The van der Waals surface area contributed by atoms with E-state index in [1.807, 2.05) is 24.3 Å². The van der Waals surface area contributed by atoms with Crippen molar-refractivity contribution in [3.63, 3.8) is 0 Å². The van der Waals surface area contributed by atoms with Gasteiger partial charge < -0.3 is 5.73 Å². The fourth-order valence-electron chi connectivity index (χ4n) is 1.48. The number of halogens is 1. The Morgan fingerprint density at radius 3 is 2.86 bits per heavy atom. The maximum Gasteiger partial charge on any atom is 0.0718 e. The van der Waals surface area contributed by atoms with Crippen LogP contribution in [0.3, 0.4) is 0 Å². The van der Waals surface area contributed by atoms with Crippen LogP contribution in [-0.2, 0) is 6.42 Å². The highest BCUT2D eigenvalue weighted by Crippen LogP contribution is 2.22. The summed E-state index contributed by atoms with van der Waals surface area (Å²) >= 11 is 3.43. The van der Waals surface area contributed by atoms with Gasteiger partial charge in [-0.05, 0) is 24.6 Å². The van der Waals surface area contributed by atoms with E-state index in [1.165, 1.54) is 0 Å². The number of nitrogen functional groups attached to an aromatic ring is 1. The molecule has 0 unspecified atom stereocenters. The van der Waals surface area contributed by atoms with E-state index in [-0.39, 0.29) is 0 Å². The fourth-order valence-corrected chi connectivity index (χ4v) is 1.83. The Bertz CT molecular complexity index is 480. The van der Waals surface area contributed by atoms with Gasteiger partial charge in [0.2, 0.25) is 0 Å². The van der Waals surface area contributed by atoms with Gasteiger partial charge in [-0.3, -0.25) is 4.98 Å². The van der Waals surface area contributed by atoms with Crippen molar-refractivity contribution in [3.05, 3.63) is 34.4 Å². The van der Waals surface area contributed by atoms with Gasteiger partial charge in [-0.15, -0.1) is 0 Å². The normalized spacial score (nSPS) is 10.7. The van der Waals surface area contributed by atoms with Gasteiger partial charge >= 0.3 is 0 Å². The van der Waals surface area contributed by atoms with Crippen molar-refractivity contribution in [3.8, 4) is 0 Å². The summed E-state index contributed by atoms with van der Waals surface area (Å²) in [5.74, 6) is 0. The maximum atomic E-state index is 5.86. The molecular weight excluding hydrogens is 240 g/mol. The van der Waals surface area contributed by atoms with E-state index in [4.69, 9.17) is 5.73 Å². The van der Waals surface area contributed by atoms with Gasteiger partial charge in [-0.2, -0.15) is 0 Å². The molecule has 0 radical (unpaired) electrons. The van der Waals surface area contributed by atoms with Crippen LogP contribution in [0.25, 0.3) is 10.9 Å². The minimum absolute atomic E-state index is 0.780. The molecule has 0 saturated heterocycles. The summed E-state index contributed by atoms with van der Waals surface area (Å²) in [7, 11) is 0. The third-order valence-electron chi connectivity index (χ3n) is 2.23. The van der Waals surface area contributed by atoms with Crippen molar-refractivity contribution in [1.29, 1.82) is 0 Å². The number of fused-ring (bicyclic) bond motifs is 1. The number of benzene rings is 1. The molecular formula is C11H11BrN2. The van der Waals surface area contributed by atoms with Gasteiger partial charge in [-0.1, -0.05) is 28.9 Å². The van der Waals surface area contributed by atoms with Crippen molar-refractivity contribution in [2.45, 2.75) is 13.3 Å². The Hall–Kier alpha value is -1.09. The Morgan fingerprint density at radius 1 is 1.36 bits per heavy atom. The van der Waals surface area contributed by atoms with Crippen LogP contribution < -0.4 is 5.73 Å². The van der Waals surface area contributed by atoms with Gasteiger partial charge in [0, 0.05) is 9.86 Å². The standard InChI is InChI=1S/C11H11BrN2/c1-2-10-9(13)5-7-3-4-8(12)6-11(7)14-10/h3-6H,2,13H2,1H3. The molecule has 0 atom stereocenters. The lowest BCUT2D eigenvalue weighted by Gasteiger charge is -2.04. The molecule has 2 rings (SSSR count). The average Bonchev–Trinajstić information content (AvgIpc) is 2.17. The number of nitrogens with zero attached hydrogens (tertiary/aromatic N) is 1. The lowest BCUT2D eigenvalue weighted by molar-refractivity contribution is 1.06. The highest BCUT2D eigenvalue weighted by Gasteiger charge is 2.02. The van der Waals surface area contributed by atoms with Crippen LogP contribution in [0, 0.1) is 0 Å². The second kappa shape index (κ2) is 3.58. The molecule has 1 aromatic heterocycles. The molecule has 0 saturated carbocycles. The molecule has 0 spiro atoms. The number of pyridine rings is 1. The first-order chi connectivity index (χ1) is 6.70. The molecule has 0 fully saturated rings. The molecule has 0 bridgehead atoms. The smallest absolute Gasteiger partial charge is 0.0718 e. The average molecular weight is 251 g/mol. The SMILES string of the molecule is CCc1nc2cc(Br)ccc2cc1N. The summed E-state index contributed by atoms with van der Waals surface area (Å²) in [6, 6.07) is 8.00. The zero-order valence-corrected chi connectivity index (χ0v) is 9.51. The Balaban J connectivity index is 2.73. The summed E-state index contributed by atoms with van der Waals surface area (Å²) < 4.78 is 1.05. The summed E-state index contributed by atoms with van der Waals surface area (Å²) in [5.41, 5.74) is 8.60. The number of rotatable bonds is 1. The highest BCUT2D eigenvalue weighted by molar-refractivity contribution is 9.10.